The van der Waals surface area contributed by atoms with Crippen molar-refractivity contribution in [2.45, 2.75) is 52.1 Å². The lowest BCUT2D eigenvalue weighted by Gasteiger charge is -2.36. The summed E-state index contributed by atoms with van der Waals surface area (Å²) in [6.07, 6.45) is 0. The molecule has 0 unspecified atom stereocenters. The van der Waals surface area contributed by atoms with Crippen LogP contribution in [-0.4, -0.2) is 19.1 Å². The van der Waals surface area contributed by atoms with Crippen molar-refractivity contribution in [3.05, 3.63) is 113 Å². The van der Waals surface area contributed by atoms with Crippen molar-refractivity contribution >= 4 is 35.8 Å². The number of carbonyl (C=O) groups excluding carboxylic acids is 1. The highest BCUT2D eigenvalue weighted by molar-refractivity contribution is 6.74. The Morgan fingerprint density at radius 1 is 0.816 bits per heavy atom. The number of hydrogen-bond donors (Lipinski definition) is 1. The molecule has 0 atom stereocenters. The van der Waals surface area contributed by atoms with Crippen LogP contribution in [0.1, 0.15) is 48.0 Å². The molecule has 1 heterocycles. The number of aromatic nitrogens is 1. The first-order chi connectivity index (χ1) is 18.1. The number of fused-ring (bicyclic) bond motifs is 2. The second-order valence-corrected chi connectivity index (χ2v) is 16.2. The number of rotatable bonds is 8. The van der Waals surface area contributed by atoms with Crippen molar-refractivity contribution in [3.8, 4) is 5.75 Å². The molecular weight excluding hydrogens is 486 g/mol. The van der Waals surface area contributed by atoms with Crippen LogP contribution in [-0.2, 0) is 17.6 Å². The Kier molecular flexibility index (Phi) is 6.99. The summed E-state index contributed by atoms with van der Waals surface area (Å²) in [6.45, 7) is 12.0. The van der Waals surface area contributed by atoms with Crippen LogP contribution in [0.3, 0.4) is 0 Å². The Balaban J connectivity index is 1.55. The average Bonchev–Trinajstić information content (AvgIpc) is 3.27. The van der Waals surface area contributed by atoms with Gasteiger partial charge < -0.3 is 14.1 Å². The Bertz CT molecular complexity index is 1600. The molecule has 0 aliphatic heterocycles. The number of carbonyl (C=O) groups is 1. The topological polar surface area (TPSA) is 51.3 Å². The molecule has 5 heteroatoms. The first-order valence-corrected chi connectivity index (χ1v) is 16.0. The van der Waals surface area contributed by atoms with Crippen LogP contribution in [0.2, 0.25) is 18.1 Å². The third kappa shape index (κ3) is 5.31. The highest BCUT2D eigenvalue weighted by Crippen LogP contribution is 2.38. The fourth-order valence-corrected chi connectivity index (χ4v) is 5.31. The smallest absolute Gasteiger partial charge is 0.195 e. The molecule has 0 spiro atoms. The van der Waals surface area contributed by atoms with Gasteiger partial charge in [0.25, 0.3) is 0 Å². The van der Waals surface area contributed by atoms with Crippen LogP contribution in [0.4, 0.5) is 0 Å². The lowest BCUT2D eigenvalue weighted by molar-refractivity contribution is 0.103. The second-order valence-electron chi connectivity index (χ2n) is 11.4. The highest BCUT2D eigenvalue weighted by Gasteiger charge is 2.37. The van der Waals surface area contributed by atoms with Gasteiger partial charge >= 0.3 is 0 Å². The third-order valence-electron chi connectivity index (χ3n) is 7.72. The maximum atomic E-state index is 14.1. The summed E-state index contributed by atoms with van der Waals surface area (Å²) in [7, 11) is -2.03. The van der Waals surface area contributed by atoms with Crippen molar-refractivity contribution in [3.63, 3.8) is 0 Å². The summed E-state index contributed by atoms with van der Waals surface area (Å²) < 4.78 is 12.7. The number of nitrogens with one attached hydrogen (secondary N) is 1. The predicted molar refractivity (Wildman–Crippen MR) is 158 cm³/mol. The largest absolute Gasteiger partial charge is 0.489 e. The van der Waals surface area contributed by atoms with E-state index >= 15 is 0 Å². The van der Waals surface area contributed by atoms with Crippen molar-refractivity contribution in [1.29, 1.82) is 0 Å². The first kappa shape index (κ1) is 26.0. The van der Waals surface area contributed by atoms with Crippen molar-refractivity contribution in [2.24, 2.45) is 0 Å². The van der Waals surface area contributed by atoms with E-state index in [0.717, 1.165) is 38.7 Å². The minimum Gasteiger partial charge on any atom is -0.489 e. The van der Waals surface area contributed by atoms with Crippen molar-refractivity contribution in [2.75, 3.05) is 0 Å². The van der Waals surface area contributed by atoms with Gasteiger partial charge in [0.15, 0.2) is 14.1 Å². The third-order valence-corrected chi connectivity index (χ3v) is 12.2. The number of ether oxygens (including phenoxy) is 1. The van der Waals surface area contributed by atoms with Gasteiger partial charge in [-0.2, -0.15) is 0 Å². The fraction of sp³-hybridized carbons (Fsp3) is 0.242. The lowest BCUT2D eigenvalue weighted by Crippen LogP contribution is -2.40. The van der Waals surface area contributed by atoms with Crippen LogP contribution < -0.4 is 4.74 Å². The molecule has 5 rings (SSSR count). The minimum absolute atomic E-state index is 0.0176. The van der Waals surface area contributed by atoms with E-state index in [1.165, 1.54) is 0 Å². The number of benzene rings is 4. The molecule has 0 saturated heterocycles. The summed E-state index contributed by atoms with van der Waals surface area (Å²) in [5, 5.41) is 3.08. The zero-order valence-corrected chi connectivity index (χ0v) is 23.8. The predicted octanol–water partition coefficient (Wildman–Crippen LogP) is 8.65. The zero-order valence-electron chi connectivity index (χ0n) is 22.8. The van der Waals surface area contributed by atoms with E-state index < -0.39 is 8.32 Å². The molecule has 0 aliphatic rings. The molecule has 0 radical (unpaired) electrons. The second kappa shape index (κ2) is 10.2. The fourth-order valence-electron chi connectivity index (χ4n) is 4.37. The first-order valence-electron chi connectivity index (χ1n) is 13.1. The zero-order chi connectivity index (χ0) is 26.9. The van der Waals surface area contributed by atoms with Crippen LogP contribution in [0.25, 0.3) is 21.7 Å². The van der Waals surface area contributed by atoms with Crippen LogP contribution in [0.5, 0.6) is 5.75 Å². The van der Waals surface area contributed by atoms with Crippen molar-refractivity contribution < 1.29 is 14.0 Å². The molecule has 0 bridgehead atoms. The standard InChI is InChI=1S/C33H35NO3Si/c1-33(2,3)38(4,5)37-22-30-31(32(35)26-16-15-24-13-9-10-14-25(24)19-26)28-20-27(17-18-29(28)34-30)36-21-23-11-7-6-8-12-23/h6-20,34H,21-22H2,1-5H3. The van der Waals surface area contributed by atoms with Crippen LogP contribution >= 0.6 is 0 Å². The summed E-state index contributed by atoms with van der Waals surface area (Å²) in [6, 6.07) is 30.0. The molecule has 0 saturated carbocycles. The molecule has 1 aromatic heterocycles. The molecule has 1 N–H and O–H groups in total. The van der Waals surface area contributed by atoms with Gasteiger partial charge in [0.2, 0.25) is 0 Å². The van der Waals surface area contributed by atoms with E-state index in [0.29, 0.717) is 24.3 Å². The average molecular weight is 522 g/mol. The van der Waals surface area contributed by atoms with E-state index in [-0.39, 0.29) is 10.8 Å². The number of hydrogen-bond acceptors (Lipinski definition) is 3. The Morgan fingerprint density at radius 3 is 2.26 bits per heavy atom. The van der Waals surface area contributed by atoms with Gasteiger partial charge in [0.05, 0.1) is 17.9 Å². The molecule has 194 valence electrons. The van der Waals surface area contributed by atoms with Gasteiger partial charge in [0.1, 0.15) is 12.4 Å². The monoisotopic (exact) mass is 521 g/mol. The van der Waals surface area contributed by atoms with Crippen LogP contribution in [0, 0.1) is 0 Å². The molecule has 38 heavy (non-hydrogen) atoms. The normalized spacial score (nSPS) is 12.2. The van der Waals surface area contributed by atoms with E-state index in [1.54, 1.807) is 0 Å². The number of aromatic amines is 1. The number of H-pyrrole nitrogens is 1. The van der Waals surface area contributed by atoms with Crippen molar-refractivity contribution in [1.82, 2.24) is 4.98 Å². The summed E-state index contributed by atoms with van der Waals surface area (Å²) in [5.74, 6) is 0.709. The Morgan fingerprint density at radius 2 is 1.53 bits per heavy atom. The maximum Gasteiger partial charge on any atom is 0.195 e. The van der Waals surface area contributed by atoms with Crippen LogP contribution in [0.15, 0.2) is 91.0 Å². The highest BCUT2D eigenvalue weighted by atomic mass is 28.4. The van der Waals surface area contributed by atoms with Gasteiger partial charge in [-0.1, -0.05) is 87.5 Å². The Hall–Kier alpha value is -3.67. The van der Waals surface area contributed by atoms with E-state index in [2.05, 4.69) is 44.9 Å². The molecule has 5 aromatic rings. The SMILES string of the molecule is CC(C)(C)[Si](C)(C)OCc1[nH]c2ccc(OCc3ccccc3)cc2c1C(=O)c1ccc2ccccc2c1. The number of ketones is 1. The summed E-state index contributed by atoms with van der Waals surface area (Å²) in [4.78, 5) is 17.6. The van der Waals surface area contributed by atoms with Gasteiger partial charge in [-0.15, -0.1) is 0 Å². The quantitative estimate of drug-likeness (QED) is 0.164. The molecule has 4 nitrogen and oxygen atoms in total. The molecule has 0 fully saturated rings. The maximum absolute atomic E-state index is 14.1. The van der Waals surface area contributed by atoms with E-state index in [1.807, 2.05) is 84.9 Å². The van der Waals surface area contributed by atoms with E-state index in [9.17, 15) is 4.79 Å². The minimum atomic E-state index is -2.03. The van der Waals surface area contributed by atoms with Gasteiger partial charge in [0, 0.05) is 16.5 Å². The van der Waals surface area contributed by atoms with Gasteiger partial charge in [-0.25, -0.2) is 0 Å². The summed E-state index contributed by atoms with van der Waals surface area (Å²) in [5.41, 5.74) is 4.11. The van der Waals surface area contributed by atoms with Gasteiger partial charge in [-0.05, 0) is 58.7 Å². The molecule has 4 aromatic carbocycles. The summed E-state index contributed by atoms with van der Waals surface area (Å²) >= 11 is 0. The molecule has 0 aliphatic carbocycles. The lowest BCUT2D eigenvalue weighted by atomic mass is 9.97. The van der Waals surface area contributed by atoms with E-state index in [4.69, 9.17) is 9.16 Å². The molecular formula is C33H35NO3Si. The Labute approximate surface area is 225 Å². The molecule has 0 amide bonds. The van der Waals surface area contributed by atoms with Gasteiger partial charge in [-0.3, -0.25) is 4.79 Å².